The van der Waals surface area contributed by atoms with E-state index < -0.39 is 0 Å². The van der Waals surface area contributed by atoms with Crippen LogP contribution in [0.2, 0.25) is 0 Å². The Morgan fingerprint density at radius 1 is 0.462 bits per heavy atom. The zero-order valence-electron chi connectivity index (χ0n) is 14.0. The molecular weight excluding hydrogens is 480 g/mol. The number of hydrogen-bond donors (Lipinski definition) is 0. The molecule has 0 N–H and O–H groups in total. The van der Waals surface area contributed by atoms with Crippen LogP contribution in [0.1, 0.15) is 49.7 Å². The monoisotopic (exact) mass is 500 g/mol. The molecule has 0 heterocycles. The first-order chi connectivity index (χ1) is 9.87. The van der Waals surface area contributed by atoms with Crippen molar-refractivity contribution in [3.8, 4) is 11.1 Å². The predicted octanol–water partition coefficient (Wildman–Crippen LogP) is 5.21. The van der Waals surface area contributed by atoms with Gasteiger partial charge in [0.2, 0.25) is 0 Å². The summed E-state index contributed by atoms with van der Waals surface area (Å²) in [5, 5.41) is 0. The van der Waals surface area contributed by atoms with E-state index >= 15 is 0 Å². The molecule has 5 rings (SSSR count). The average Bonchev–Trinajstić information content (AvgIpc) is 3.05. The van der Waals surface area contributed by atoms with E-state index in [1.54, 1.807) is 11.1 Å². The van der Waals surface area contributed by atoms with E-state index in [2.05, 4.69) is 48.5 Å². The van der Waals surface area contributed by atoms with Crippen LogP contribution in [0.5, 0.6) is 0 Å². The maximum absolute atomic E-state index is 2.43. The molecule has 2 aromatic rings. The van der Waals surface area contributed by atoms with E-state index in [0.29, 0.717) is 10.8 Å². The van der Waals surface area contributed by atoms with Gasteiger partial charge >= 0.3 is 0 Å². The molecule has 3 aliphatic carbocycles. The minimum absolute atomic E-state index is 0. The second kappa shape index (κ2) is 14.4. The van der Waals surface area contributed by atoms with Crippen LogP contribution in [-0.2, 0) is 10.8 Å². The van der Waals surface area contributed by atoms with Gasteiger partial charge in [0, 0.05) is 237 Å². The molecule has 0 spiro atoms. The van der Waals surface area contributed by atoms with Gasteiger partial charge < -0.3 is 0 Å². The van der Waals surface area contributed by atoms with Crippen molar-refractivity contribution in [1.82, 2.24) is 0 Å². The summed E-state index contributed by atoms with van der Waals surface area (Å²) in [5.74, 6) is 0. The number of fused-ring (bicyclic) bond motifs is 3. The van der Waals surface area contributed by atoms with Crippen molar-refractivity contribution in [2.24, 2.45) is 0 Å². The number of rotatable bonds is 0. The summed E-state index contributed by atoms with van der Waals surface area (Å²) in [5.41, 5.74) is 7.27. The van der Waals surface area contributed by atoms with Crippen molar-refractivity contribution in [2.45, 2.75) is 49.4 Å². The first-order valence-electron chi connectivity index (χ1n) is 8.07. The fraction of sp³-hybridized carbons (Fsp3) is 0.400. The van der Waals surface area contributed by atoms with Gasteiger partial charge in [-0.3, -0.25) is 0 Å². The van der Waals surface area contributed by atoms with Crippen LogP contribution >= 0.6 is 0 Å². The average molecular weight is 500 g/mol. The third-order valence-electron chi connectivity index (χ3n) is 6.51. The Labute approximate surface area is 337 Å². The summed E-state index contributed by atoms with van der Waals surface area (Å²) >= 11 is 0. The van der Waals surface area contributed by atoms with E-state index in [9.17, 15) is 0 Å². The summed E-state index contributed by atoms with van der Waals surface area (Å²) in [7, 11) is 0. The van der Waals surface area contributed by atoms with Gasteiger partial charge in [-0.25, -0.2) is 0 Å². The summed E-state index contributed by atoms with van der Waals surface area (Å²) in [6, 6.07) is 18.5. The van der Waals surface area contributed by atoms with E-state index in [4.69, 9.17) is 0 Å². The molecule has 148 valence electrons. The van der Waals surface area contributed by atoms with Gasteiger partial charge in [-0.15, -0.1) is 0 Å². The first kappa shape index (κ1) is 34.2. The molecule has 6 heteroatoms. The first-order valence-corrected chi connectivity index (χ1v) is 8.07. The molecular formula is C20H20Ar6. The van der Waals surface area contributed by atoms with Crippen molar-refractivity contribution in [3.05, 3.63) is 59.7 Å². The Morgan fingerprint density at radius 3 is 1.12 bits per heavy atom. The van der Waals surface area contributed by atoms with Crippen LogP contribution in [0.25, 0.3) is 11.1 Å². The summed E-state index contributed by atoms with van der Waals surface area (Å²) < 4.78 is 0. The van der Waals surface area contributed by atoms with Crippen LogP contribution in [0.3, 0.4) is 0 Å². The van der Waals surface area contributed by atoms with Gasteiger partial charge in [-0.05, 0) is 47.9 Å². The zero-order chi connectivity index (χ0) is 13.2. The minimum Gasteiger partial charge on any atom is -0.0619 e. The van der Waals surface area contributed by atoms with Gasteiger partial charge in [0.15, 0.2) is 0 Å². The molecule has 0 amide bonds. The molecule has 0 nitrogen and oxygen atoms in total. The molecule has 0 aromatic heterocycles. The zero-order valence-corrected chi connectivity index (χ0v) is 18.2. The molecule has 0 aliphatic heterocycles. The second-order valence-corrected chi connectivity index (χ2v) is 6.96. The van der Waals surface area contributed by atoms with Crippen molar-refractivity contribution in [3.63, 3.8) is 0 Å². The molecule has 2 aromatic carbocycles. The molecule has 0 bridgehead atoms. The fourth-order valence-corrected chi connectivity index (χ4v) is 5.92. The van der Waals surface area contributed by atoms with Gasteiger partial charge in [-0.2, -0.15) is 0 Å². The summed E-state index contributed by atoms with van der Waals surface area (Å²) in [4.78, 5) is 0. The fourth-order valence-electron chi connectivity index (χ4n) is 5.92. The molecule has 2 saturated carbocycles. The Kier molecular flexibility index (Phi) is 18.9. The van der Waals surface area contributed by atoms with Crippen LogP contribution < -0.4 is 0 Å². The summed E-state index contributed by atoms with van der Waals surface area (Å²) in [6.45, 7) is 0. The molecule has 0 unspecified atom stereocenters. The van der Waals surface area contributed by atoms with Crippen molar-refractivity contribution < 1.29 is 226 Å². The Morgan fingerprint density at radius 2 is 0.769 bits per heavy atom. The normalized spacial score (nSPS) is 25.5. The number of benzene rings is 2. The van der Waals surface area contributed by atoms with Crippen LogP contribution in [-0.4, -0.2) is 0 Å². The van der Waals surface area contributed by atoms with Crippen molar-refractivity contribution in [1.29, 1.82) is 0 Å². The van der Waals surface area contributed by atoms with E-state index in [0.717, 1.165) is 0 Å². The van der Waals surface area contributed by atoms with Gasteiger partial charge in [-0.1, -0.05) is 61.4 Å². The molecule has 0 atom stereocenters. The number of hydrogen-bond acceptors (Lipinski definition) is 0. The standard InChI is InChI=1S/C20H20.6Ar/c1-3-9-17-15(7-1)16-8-2-4-10-18(16)20-13-5-11-19(17,20)12-6-14-20;;;;;;/h1-4,7-10H,5-6,11-14H2;;;;;;. The van der Waals surface area contributed by atoms with Crippen LogP contribution in [0.15, 0.2) is 48.5 Å². The maximum atomic E-state index is 2.43. The third-order valence-corrected chi connectivity index (χ3v) is 6.51. The Bertz CT molecular complexity index is 645. The van der Waals surface area contributed by atoms with Crippen LogP contribution in [0, 0.1) is 226 Å². The molecule has 0 radical (unpaired) electrons. The van der Waals surface area contributed by atoms with E-state index in [1.807, 2.05) is 0 Å². The second-order valence-electron chi connectivity index (χ2n) is 6.96. The topological polar surface area (TPSA) is 0 Å². The summed E-state index contributed by atoms with van der Waals surface area (Å²) in [6.07, 6.45) is 8.42. The van der Waals surface area contributed by atoms with Crippen LogP contribution in [0.4, 0.5) is 0 Å². The SMILES string of the molecule is [Ar].[Ar].[Ar].[Ar].[Ar].[Ar].c1ccc2c(c1)-c1ccccc1C13CCCC21CCC3. The quantitative estimate of drug-likeness (QED) is 0.467. The van der Waals surface area contributed by atoms with Crippen molar-refractivity contribution >= 4 is 0 Å². The van der Waals surface area contributed by atoms with E-state index in [-0.39, 0.29) is 226 Å². The van der Waals surface area contributed by atoms with Gasteiger partial charge in [0.25, 0.3) is 0 Å². The molecule has 0 saturated heterocycles. The minimum atomic E-state index is 0. The molecule has 26 heavy (non-hydrogen) atoms. The van der Waals surface area contributed by atoms with Gasteiger partial charge in [0.05, 0.1) is 0 Å². The predicted molar refractivity (Wildman–Crippen MR) is 82.9 cm³/mol. The Hall–Kier alpha value is 6.00. The molecule has 3 aliphatic rings. The largest absolute Gasteiger partial charge is 0.0619 e. The van der Waals surface area contributed by atoms with Gasteiger partial charge in [0.1, 0.15) is 0 Å². The maximum Gasteiger partial charge on any atom is 0.00562 e. The Balaban J connectivity index is 0. The van der Waals surface area contributed by atoms with E-state index in [1.165, 1.54) is 49.7 Å². The third kappa shape index (κ3) is 5.30. The molecule has 2 fully saturated rings. The smallest absolute Gasteiger partial charge is 0.00562 e. The van der Waals surface area contributed by atoms with Crippen molar-refractivity contribution in [2.75, 3.05) is 0 Å².